The molecule has 0 radical (unpaired) electrons. The standard InChI is InChI=1S/C9H12O4/c1-2-13-9(11)5-8(10)7-3-4-12-6-7/h3-4,6,8,10H,2,5H2,1H3. The first-order valence-corrected chi connectivity index (χ1v) is 4.09. The lowest BCUT2D eigenvalue weighted by molar-refractivity contribution is -0.145. The number of rotatable bonds is 4. The van der Waals surface area contributed by atoms with E-state index in [4.69, 9.17) is 4.42 Å². The van der Waals surface area contributed by atoms with E-state index in [9.17, 15) is 9.90 Å². The second-order valence-electron chi connectivity index (χ2n) is 2.58. The van der Waals surface area contributed by atoms with Gasteiger partial charge in [-0.05, 0) is 13.0 Å². The molecule has 13 heavy (non-hydrogen) atoms. The van der Waals surface area contributed by atoms with Crippen molar-refractivity contribution < 1.29 is 19.1 Å². The maximum absolute atomic E-state index is 10.9. The normalized spacial score (nSPS) is 12.5. The maximum Gasteiger partial charge on any atom is 0.308 e. The summed E-state index contributed by atoms with van der Waals surface area (Å²) >= 11 is 0. The fraction of sp³-hybridized carbons (Fsp3) is 0.444. The number of esters is 1. The van der Waals surface area contributed by atoms with Crippen LogP contribution in [-0.2, 0) is 9.53 Å². The molecule has 0 saturated carbocycles. The Balaban J connectivity index is 2.42. The van der Waals surface area contributed by atoms with Crippen LogP contribution in [-0.4, -0.2) is 17.7 Å². The number of furan rings is 1. The maximum atomic E-state index is 10.9. The van der Waals surface area contributed by atoms with Gasteiger partial charge in [0.15, 0.2) is 0 Å². The van der Waals surface area contributed by atoms with Crippen molar-refractivity contribution in [3.05, 3.63) is 24.2 Å². The van der Waals surface area contributed by atoms with E-state index < -0.39 is 12.1 Å². The summed E-state index contributed by atoms with van der Waals surface area (Å²) < 4.78 is 9.45. The van der Waals surface area contributed by atoms with E-state index in [1.807, 2.05) is 0 Å². The molecule has 1 aromatic heterocycles. The van der Waals surface area contributed by atoms with Crippen LogP contribution < -0.4 is 0 Å². The number of aliphatic hydroxyl groups excluding tert-OH is 1. The van der Waals surface area contributed by atoms with Gasteiger partial charge in [0.1, 0.15) is 0 Å². The molecule has 4 nitrogen and oxygen atoms in total. The highest BCUT2D eigenvalue weighted by atomic mass is 16.5. The average molecular weight is 184 g/mol. The SMILES string of the molecule is CCOC(=O)CC(O)c1ccoc1. The smallest absolute Gasteiger partial charge is 0.308 e. The van der Waals surface area contributed by atoms with Gasteiger partial charge < -0.3 is 14.3 Å². The lowest BCUT2D eigenvalue weighted by Gasteiger charge is -2.06. The van der Waals surface area contributed by atoms with Gasteiger partial charge in [0, 0.05) is 5.56 Å². The molecule has 1 aromatic rings. The van der Waals surface area contributed by atoms with Crippen LogP contribution >= 0.6 is 0 Å². The van der Waals surface area contributed by atoms with Crippen LogP contribution in [0, 0.1) is 0 Å². The third kappa shape index (κ3) is 2.91. The summed E-state index contributed by atoms with van der Waals surface area (Å²) in [6.07, 6.45) is 1.99. The Kier molecular flexibility index (Phi) is 3.52. The fourth-order valence-electron chi connectivity index (χ4n) is 0.960. The Morgan fingerprint density at radius 2 is 2.54 bits per heavy atom. The number of aliphatic hydroxyl groups is 1. The van der Waals surface area contributed by atoms with Crippen LogP contribution in [0.2, 0.25) is 0 Å². The minimum absolute atomic E-state index is 0.0344. The van der Waals surface area contributed by atoms with Crippen molar-refractivity contribution in [3.8, 4) is 0 Å². The van der Waals surface area contributed by atoms with Crippen LogP contribution in [0.3, 0.4) is 0 Å². The summed E-state index contributed by atoms with van der Waals surface area (Å²) in [5, 5.41) is 9.45. The Labute approximate surface area is 76.1 Å². The third-order valence-electron chi connectivity index (χ3n) is 1.59. The molecule has 0 aliphatic heterocycles. The summed E-state index contributed by atoms with van der Waals surface area (Å²) in [7, 11) is 0. The molecule has 0 saturated heterocycles. The van der Waals surface area contributed by atoms with Gasteiger partial charge in [-0.3, -0.25) is 4.79 Å². The second-order valence-corrected chi connectivity index (χ2v) is 2.58. The molecule has 0 aliphatic carbocycles. The van der Waals surface area contributed by atoms with E-state index in [1.54, 1.807) is 13.0 Å². The average Bonchev–Trinajstić information content (AvgIpc) is 2.55. The zero-order valence-electron chi connectivity index (χ0n) is 7.40. The van der Waals surface area contributed by atoms with Crippen LogP contribution in [0.5, 0.6) is 0 Å². The Morgan fingerprint density at radius 1 is 1.77 bits per heavy atom. The molecule has 4 heteroatoms. The van der Waals surface area contributed by atoms with Crippen molar-refractivity contribution in [2.75, 3.05) is 6.61 Å². The first-order chi connectivity index (χ1) is 6.24. The quantitative estimate of drug-likeness (QED) is 0.716. The Bertz CT molecular complexity index is 253. The van der Waals surface area contributed by atoms with E-state index in [-0.39, 0.29) is 6.42 Å². The summed E-state index contributed by atoms with van der Waals surface area (Å²) in [4.78, 5) is 10.9. The molecule has 0 spiro atoms. The summed E-state index contributed by atoms with van der Waals surface area (Å²) in [5.41, 5.74) is 0.591. The lowest BCUT2D eigenvalue weighted by atomic mass is 10.1. The number of carbonyl (C=O) groups excluding carboxylic acids is 1. The number of ether oxygens (including phenoxy) is 1. The highest BCUT2D eigenvalue weighted by Gasteiger charge is 2.14. The van der Waals surface area contributed by atoms with Gasteiger partial charge in [0.05, 0.1) is 31.7 Å². The molecule has 0 bridgehead atoms. The van der Waals surface area contributed by atoms with Gasteiger partial charge >= 0.3 is 5.97 Å². The van der Waals surface area contributed by atoms with Crippen molar-refractivity contribution in [3.63, 3.8) is 0 Å². The predicted molar refractivity (Wildman–Crippen MR) is 44.9 cm³/mol. The molecule has 72 valence electrons. The molecule has 1 atom stereocenters. The summed E-state index contributed by atoms with van der Waals surface area (Å²) in [6, 6.07) is 1.61. The van der Waals surface area contributed by atoms with Crippen LogP contribution in [0.15, 0.2) is 23.0 Å². The molecular formula is C9H12O4. The van der Waals surface area contributed by atoms with E-state index in [1.165, 1.54) is 12.5 Å². The molecule has 0 fully saturated rings. The van der Waals surface area contributed by atoms with E-state index in [2.05, 4.69) is 4.74 Å². The molecule has 0 aliphatic rings. The van der Waals surface area contributed by atoms with Gasteiger partial charge in [-0.2, -0.15) is 0 Å². The van der Waals surface area contributed by atoms with E-state index >= 15 is 0 Å². The molecule has 1 N–H and O–H groups in total. The van der Waals surface area contributed by atoms with Crippen molar-refractivity contribution in [1.29, 1.82) is 0 Å². The largest absolute Gasteiger partial charge is 0.472 e. The monoisotopic (exact) mass is 184 g/mol. The molecular weight excluding hydrogens is 172 g/mol. The highest BCUT2D eigenvalue weighted by molar-refractivity contribution is 5.70. The summed E-state index contributed by atoms with van der Waals surface area (Å²) in [6.45, 7) is 2.05. The number of hydrogen-bond acceptors (Lipinski definition) is 4. The molecule has 1 rings (SSSR count). The van der Waals surface area contributed by atoms with Gasteiger partial charge in [-0.15, -0.1) is 0 Å². The minimum Gasteiger partial charge on any atom is -0.472 e. The van der Waals surface area contributed by atoms with Gasteiger partial charge in [-0.1, -0.05) is 0 Å². The molecule has 1 heterocycles. The molecule has 0 amide bonds. The van der Waals surface area contributed by atoms with Crippen molar-refractivity contribution >= 4 is 5.97 Å². The lowest BCUT2D eigenvalue weighted by Crippen LogP contribution is -2.09. The predicted octanol–water partition coefficient (Wildman–Crippen LogP) is 1.27. The fourth-order valence-corrected chi connectivity index (χ4v) is 0.960. The number of carbonyl (C=O) groups is 1. The van der Waals surface area contributed by atoms with Crippen molar-refractivity contribution in [2.24, 2.45) is 0 Å². The van der Waals surface area contributed by atoms with Crippen LogP contribution in [0.25, 0.3) is 0 Å². The highest BCUT2D eigenvalue weighted by Crippen LogP contribution is 2.16. The Morgan fingerprint density at radius 3 is 3.08 bits per heavy atom. The van der Waals surface area contributed by atoms with Crippen LogP contribution in [0.1, 0.15) is 25.0 Å². The number of hydrogen-bond donors (Lipinski definition) is 1. The third-order valence-corrected chi connectivity index (χ3v) is 1.59. The van der Waals surface area contributed by atoms with Gasteiger partial charge in [0.25, 0.3) is 0 Å². The van der Waals surface area contributed by atoms with E-state index in [0.29, 0.717) is 12.2 Å². The van der Waals surface area contributed by atoms with E-state index in [0.717, 1.165) is 0 Å². The van der Waals surface area contributed by atoms with Gasteiger partial charge in [0.2, 0.25) is 0 Å². The molecule has 0 aromatic carbocycles. The zero-order chi connectivity index (χ0) is 9.68. The van der Waals surface area contributed by atoms with Crippen LogP contribution in [0.4, 0.5) is 0 Å². The summed E-state index contributed by atoms with van der Waals surface area (Å²) in [5.74, 6) is -0.406. The minimum atomic E-state index is -0.835. The molecule has 1 unspecified atom stereocenters. The van der Waals surface area contributed by atoms with Crippen molar-refractivity contribution in [1.82, 2.24) is 0 Å². The first kappa shape index (κ1) is 9.80. The topological polar surface area (TPSA) is 59.7 Å². The van der Waals surface area contributed by atoms with Gasteiger partial charge in [-0.25, -0.2) is 0 Å². The second kappa shape index (κ2) is 4.67. The Hall–Kier alpha value is -1.29. The van der Waals surface area contributed by atoms with Crippen molar-refractivity contribution in [2.45, 2.75) is 19.4 Å². The zero-order valence-corrected chi connectivity index (χ0v) is 7.40. The first-order valence-electron chi connectivity index (χ1n) is 4.09.